The lowest BCUT2D eigenvalue weighted by molar-refractivity contribution is 0.0950. The number of likely N-dealkylation sites (tertiary alicyclic amines) is 1. The summed E-state index contributed by atoms with van der Waals surface area (Å²) < 4.78 is 1.60. The summed E-state index contributed by atoms with van der Waals surface area (Å²) in [5.41, 5.74) is 0.621. The van der Waals surface area contributed by atoms with E-state index in [0.29, 0.717) is 12.1 Å². The molecule has 1 amide bonds. The summed E-state index contributed by atoms with van der Waals surface area (Å²) in [5, 5.41) is 6.86. The van der Waals surface area contributed by atoms with Crippen LogP contribution in [0.3, 0.4) is 0 Å². The van der Waals surface area contributed by atoms with Crippen LogP contribution in [0.4, 0.5) is 0 Å². The molecule has 88 valence electrons. The Morgan fingerprint density at radius 1 is 1.50 bits per heavy atom. The number of hydrogen-bond acceptors (Lipinski definition) is 3. The zero-order valence-corrected chi connectivity index (χ0v) is 11.2. The zero-order valence-electron chi connectivity index (χ0n) is 9.03. The fourth-order valence-corrected chi connectivity index (χ4v) is 2.28. The fourth-order valence-electron chi connectivity index (χ4n) is 1.85. The molecule has 1 aliphatic rings. The molecule has 6 heteroatoms. The monoisotopic (exact) mass is 334 g/mol. The van der Waals surface area contributed by atoms with E-state index < -0.39 is 0 Å². The summed E-state index contributed by atoms with van der Waals surface area (Å²) in [7, 11) is 0. The Morgan fingerprint density at radius 2 is 2.25 bits per heavy atom. The van der Waals surface area contributed by atoms with Gasteiger partial charge in [0.2, 0.25) is 0 Å². The van der Waals surface area contributed by atoms with Crippen molar-refractivity contribution in [1.29, 1.82) is 0 Å². The van der Waals surface area contributed by atoms with E-state index in [1.54, 1.807) is 15.3 Å². The van der Waals surface area contributed by atoms with E-state index in [4.69, 9.17) is 0 Å². The van der Waals surface area contributed by atoms with Gasteiger partial charge in [-0.2, -0.15) is 5.10 Å². The number of rotatable bonds is 4. The standard InChI is InChI=1S/C10H15IN4O/c11-15-8-9(7-13-15)10(16)12-3-6-14-4-1-2-5-14/h7-8H,1-6H2,(H,12,16). The summed E-state index contributed by atoms with van der Waals surface area (Å²) in [6.07, 6.45) is 5.87. The molecule has 1 aromatic heterocycles. The van der Waals surface area contributed by atoms with Gasteiger partial charge in [-0.15, -0.1) is 0 Å². The smallest absolute Gasteiger partial charge is 0.254 e. The third kappa shape index (κ3) is 3.18. The molecular formula is C10H15IN4O. The highest BCUT2D eigenvalue weighted by molar-refractivity contribution is 14.1. The van der Waals surface area contributed by atoms with E-state index in [-0.39, 0.29) is 5.91 Å². The zero-order chi connectivity index (χ0) is 11.4. The first kappa shape index (κ1) is 11.8. The molecule has 1 N–H and O–H groups in total. The number of aromatic nitrogens is 2. The lowest BCUT2D eigenvalue weighted by Gasteiger charge is -2.14. The van der Waals surface area contributed by atoms with Crippen molar-refractivity contribution in [3.63, 3.8) is 0 Å². The number of carbonyl (C=O) groups excluding carboxylic acids is 1. The first-order valence-electron chi connectivity index (χ1n) is 5.47. The van der Waals surface area contributed by atoms with Gasteiger partial charge in [-0.3, -0.25) is 4.79 Å². The lowest BCUT2D eigenvalue weighted by Crippen LogP contribution is -2.33. The van der Waals surface area contributed by atoms with Crippen LogP contribution in [0.5, 0.6) is 0 Å². The van der Waals surface area contributed by atoms with Crippen molar-refractivity contribution in [3.8, 4) is 0 Å². The van der Waals surface area contributed by atoms with Crippen molar-refractivity contribution in [2.75, 3.05) is 26.2 Å². The summed E-state index contributed by atoms with van der Waals surface area (Å²) in [4.78, 5) is 14.0. The molecule has 2 heterocycles. The van der Waals surface area contributed by atoms with Crippen molar-refractivity contribution in [2.45, 2.75) is 12.8 Å². The largest absolute Gasteiger partial charge is 0.351 e. The number of carbonyl (C=O) groups is 1. The van der Waals surface area contributed by atoms with E-state index in [0.717, 1.165) is 6.54 Å². The summed E-state index contributed by atoms with van der Waals surface area (Å²) in [6, 6.07) is 0. The first-order valence-corrected chi connectivity index (χ1v) is 6.43. The Kier molecular flexibility index (Phi) is 4.16. The highest BCUT2D eigenvalue weighted by atomic mass is 127. The van der Waals surface area contributed by atoms with Crippen molar-refractivity contribution < 1.29 is 4.79 Å². The SMILES string of the molecule is O=C(NCCN1CCCC1)c1cnn(I)c1. The van der Waals surface area contributed by atoms with Gasteiger partial charge in [-0.25, -0.2) is 2.90 Å². The second-order valence-electron chi connectivity index (χ2n) is 3.92. The number of nitrogens with zero attached hydrogens (tertiary/aromatic N) is 3. The van der Waals surface area contributed by atoms with Crippen molar-refractivity contribution in [1.82, 2.24) is 18.2 Å². The van der Waals surface area contributed by atoms with Gasteiger partial charge >= 0.3 is 0 Å². The van der Waals surface area contributed by atoms with Gasteiger partial charge in [0.15, 0.2) is 0 Å². The molecule has 0 aromatic carbocycles. The van der Waals surface area contributed by atoms with Crippen molar-refractivity contribution >= 4 is 28.8 Å². The van der Waals surface area contributed by atoms with Gasteiger partial charge < -0.3 is 10.2 Å². The Morgan fingerprint density at radius 3 is 2.88 bits per heavy atom. The van der Waals surface area contributed by atoms with Crippen LogP contribution in [0.25, 0.3) is 0 Å². The van der Waals surface area contributed by atoms with Crippen LogP contribution in [-0.2, 0) is 0 Å². The average molecular weight is 334 g/mol. The molecule has 2 rings (SSSR count). The quantitative estimate of drug-likeness (QED) is 0.833. The van der Waals surface area contributed by atoms with Crippen LogP contribution in [-0.4, -0.2) is 45.0 Å². The summed E-state index contributed by atoms with van der Waals surface area (Å²) in [6.45, 7) is 4.00. The van der Waals surface area contributed by atoms with Gasteiger partial charge in [0.05, 0.1) is 34.6 Å². The van der Waals surface area contributed by atoms with Crippen LogP contribution in [0.15, 0.2) is 12.4 Å². The Bertz CT molecular complexity index is 359. The third-order valence-electron chi connectivity index (χ3n) is 2.73. The molecule has 0 unspecified atom stereocenters. The summed E-state index contributed by atoms with van der Waals surface area (Å²) in [5.74, 6) is -0.0397. The molecule has 1 aromatic rings. The molecular weight excluding hydrogens is 319 g/mol. The molecule has 0 atom stereocenters. The van der Waals surface area contributed by atoms with Gasteiger partial charge in [-0.05, 0) is 25.9 Å². The van der Waals surface area contributed by atoms with Crippen LogP contribution < -0.4 is 5.32 Å². The molecule has 5 nitrogen and oxygen atoms in total. The predicted octanol–water partition coefficient (Wildman–Crippen LogP) is 0.907. The summed E-state index contributed by atoms with van der Waals surface area (Å²) >= 11 is 2.02. The average Bonchev–Trinajstić information content (AvgIpc) is 2.89. The van der Waals surface area contributed by atoms with Crippen LogP contribution in [0.2, 0.25) is 0 Å². The van der Waals surface area contributed by atoms with Gasteiger partial charge in [0, 0.05) is 19.3 Å². The minimum absolute atomic E-state index is 0.0397. The Labute approximate surface area is 109 Å². The molecule has 0 spiro atoms. The molecule has 0 aliphatic carbocycles. The number of amides is 1. The molecule has 0 bridgehead atoms. The normalized spacial score (nSPS) is 16.6. The topological polar surface area (TPSA) is 50.2 Å². The van der Waals surface area contributed by atoms with E-state index in [2.05, 4.69) is 15.3 Å². The Balaban J connectivity index is 1.71. The van der Waals surface area contributed by atoms with Gasteiger partial charge in [0.25, 0.3) is 5.91 Å². The second-order valence-corrected chi connectivity index (χ2v) is 4.91. The maximum absolute atomic E-state index is 11.6. The maximum Gasteiger partial charge on any atom is 0.254 e. The van der Waals surface area contributed by atoms with E-state index >= 15 is 0 Å². The minimum Gasteiger partial charge on any atom is -0.351 e. The molecule has 0 radical (unpaired) electrons. The molecule has 1 saturated heterocycles. The van der Waals surface area contributed by atoms with Gasteiger partial charge in [0.1, 0.15) is 0 Å². The van der Waals surface area contributed by atoms with E-state index in [1.165, 1.54) is 25.9 Å². The number of hydrogen-bond donors (Lipinski definition) is 1. The first-order chi connectivity index (χ1) is 7.75. The fraction of sp³-hybridized carbons (Fsp3) is 0.600. The molecule has 0 saturated carbocycles. The molecule has 1 aliphatic heterocycles. The molecule has 16 heavy (non-hydrogen) atoms. The Hall–Kier alpha value is -0.630. The van der Waals surface area contributed by atoms with Gasteiger partial charge in [-0.1, -0.05) is 0 Å². The highest BCUT2D eigenvalue weighted by Crippen LogP contribution is 2.05. The van der Waals surface area contributed by atoms with Crippen molar-refractivity contribution in [2.24, 2.45) is 0 Å². The second kappa shape index (κ2) is 5.62. The lowest BCUT2D eigenvalue weighted by atomic mass is 10.3. The van der Waals surface area contributed by atoms with E-state index in [1.807, 2.05) is 22.9 Å². The van der Waals surface area contributed by atoms with Crippen LogP contribution >= 0.6 is 22.9 Å². The minimum atomic E-state index is -0.0397. The van der Waals surface area contributed by atoms with Crippen LogP contribution in [0, 0.1) is 0 Å². The number of nitrogens with one attached hydrogen (secondary N) is 1. The highest BCUT2D eigenvalue weighted by Gasteiger charge is 2.12. The van der Waals surface area contributed by atoms with Crippen molar-refractivity contribution in [3.05, 3.63) is 18.0 Å². The third-order valence-corrected chi connectivity index (χ3v) is 3.25. The van der Waals surface area contributed by atoms with Crippen LogP contribution in [0.1, 0.15) is 23.2 Å². The molecule has 1 fully saturated rings. The maximum atomic E-state index is 11.6. The van der Waals surface area contributed by atoms with E-state index in [9.17, 15) is 4.79 Å². The predicted molar refractivity (Wildman–Crippen MR) is 69.7 cm³/mol. The number of halogens is 1.